The minimum Gasteiger partial charge on any atom is -0.349 e. The Labute approximate surface area is 147 Å². The largest absolute Gasteiger partial charge is 0.416 e. The fourth-order valence-corrected chi connectivity index (χ4v) is 2.80. The van der Waals surface area contributed by atoms with E-state index < -0.39 is 17.8 Å². The fraction of sp³-hybridized carbons (Fsp3) is 0.353. The normalized spacial score (nSPS) is 18.1. The second-order valence-electron chi connectivity index (χ2n) is 6.01. The Hall–Kier alpha value is -2.52. The number of hydrogen-bond acceptors (Lipinski definition) is 5. The molecular formula is C17H17F3N4O2. The van der Waals surface area contributed by atoms with Crippen molar-refractivity contribution in [3.63, 3.8) is 0 Å². The first kappa shape index (κ1) is 18.3. The Morgan fingerprint density at radius 3 is 2.62 bits per heavy atom. The molecule has 1 amide bonds. The molecule has 1 aliphatic rings. The first-order chi connectivity index (χ1) is 12.3. The quantitative estimate of drug-likeness (QED) is 0.870. The summed E-state index contributed by atoms with van der Waals surface area (Å²) in [6.45, 7) is 0.600. The number of rotatable bonds is 4. The van der Waals surface area contributed by atoms with Gasteiger partial charge in [-0.2, -0.15) is 18.2 Å². The molecule has 1 aromatic carbocycles. The van der Waals surface area contributed by atoms with Gasteiger partial charge in [0.2, 0.25) is 5.91 Å². The van der Waals surface area contributed by atoms with Crippen LogP contribution in [-0.4, -0.2) is 38.7 Å². The van der Waals surface area contributed by atoms with E-state index in [4.69, 9.17) is 0 Å². The zero-order chi connectivity index (χ0) is 18.7. The van der Waals surface area contributed by atoms with Gasteiger partial charge in [0.05, 0.1) is 23.5 Å². The number of nitrogens with one attached hydrogen (secondary N) is 1. The van der Waals surface area contributed by atoms with Crippen molar-refractivity contribution in [3.05, 3.63) is 47.9 Å². The third-order valence-corrected chi connectivity index (χ3v) is 4.20. The third kappa shape index (κ3) is 4.17. The first-order valence-electron chi connectivity index (χ1n) is 8.06. The molecular weight excluding hydrogens is 349 g/mol. The van der Waals surface area contributed by atoms with E-state index >= 15 is 0 Å². The highest BCUT2D eigenvalue weighted by atomic mass is 19.4. The molecule has 0 radical (unpaired) electrons. The summed E-state index contributed by atoms with van der Waals surface area (Å²) < 4.78 is 37.9. The van der Waals surface area contributed by atoms with E-state index in [1.165, 1.54) is 18.5 Å². The zero-order valence-electron chi connectivity index (χ0n) is 13.7. The molecule has 1 aromatic heterocycles. The molecule has 26 heavy (non-hydrogen) atoms. The average Bonchev–Trinajstić information content (AvgIpc) is 3.05. The molecule has 1 atom stereocenters. The summed E-state index contributed by atoms with van der Waals surface area (Å²) in [4.78, 5) is 20.2. The van der Waals surface area contributed by atoms with Gasteiger partial charge in [-0.15, -0.1) is 0 Å². The SMILES string of the molecule is O=C(NCc1cc(-c2ccc(C(F)(F)F)cc2)ncn1)[C@@H]1CCCN1O. The van der Waals surface area contributed by atoms with E-state index in [-0.39, 0.29) is 12.5 Å². The number of carbonyl (C=O) groups is 1. The summed E-state index contributed by atoms with van der Waals surface area (Å²) in [7, 11) is 0. The molecule has 2 N–H and O–H groups in total. The van der Waals surface area contributed by atoms with Crippen molar-refractivity contribution in [3.8, 4) is 11.3 Å². The van der Waals surface area contributed by atoms with Crippen molar-refractivity contribution in [1.29, 1.82) is 0 Å². The molecule has 6 nitrogen and oxygen atoms in total. The number of halogens is 3. The molecule has 0 unspecified atom stereocenters. The van der Waals surface area contributed by atoms with Gasteiger partial charge in [-0.1, -0.05) is 12.1 Å². The molecule has 9 heteroatoms. The highest BCUT2D eigenvalue weighted by molar-refractivity contribution is 5.81. The van der Waals surface area contributed by atoms with E-state index in [9.17, 15) is 23.2 Å². The summed E-state index contributed by atoms with van der Waals surface area (Å²) >= 11 is 0. The van der Waals surface area contributed by atoms with Gasteiger partial charge >= 0.3 is 6.18 Å². The van der Waals surface area contributed by atoms with Crippen LogP contribution in [0.4, 0.5) is 13.2 Å². The van der Waals surface area contributed by atoms with Crippen molar-refractivity contribution >= 4 is 5.91 Å². The Balaban J connectivity index is 1.67. The molecule has 0 spiro atoms. The lowest BCUT2D eigenvalue weighted by atomic mass is 10.1. The molecule has 138 valence electrons. The molecule has 1 saturated heterocycles. The van der Waals surface area contributed by atoms with Crippen LogP contribution < -0.4 is 5.32 Å². The van der Waals surface area contributed by atoms with Crippen molar-refractivity contribution in [2.75, 3.05) is 6.54 Å². The molecule has 2 heterocycles. The molecule has 0 saturated carbocycles. The lowest BCUT2D eigenvalue weighted by Gasteiger charge is -2.16. The number of amides is 1. The first-order valence-corrected chi connectivity index (χ1v) is 8.06. The van der Waals surface area contributed by atoms with Crippen molar-refractivity contribution in [1.82, 2.24) is 20.3 Å². The second-order valence-corrected chi connectivity index (χ2v) is 6.01. The smallest absolute Gasteiger partial charge is 0.349 e. The Morgan fingerprint density at radius 2 is 2.00 bits per heavy atom. The maximum Gasteiger partial charge on any atom is 0.416 e. The van der Waals surface area contributed by atoms with Gasteiger partial charge in [0.15, 0.2) is 0 Å². The lowest BCUT2D eigenvalue weighted by Crippen LogP contribution is -2.41. The van der Waals surface area contributed by atoms with Crippen molar-refractivity contribution in [2.24, 2.45) is 0 Å². The molecule has 0 aliphatic carbocycles. The number of hydrogen-bond donors (Lipinski definition) is 2. The van der Waals surface area contributed by atoms with Gasteiger partial charge in [0.25, 0.3) is 0 Å². The van der Waals surface area contributed by atoms with Crippen LogP contribution in [0.3, 0.4) is 0 Å². The Morgan fingerprint density at radius 1 is 1.27 bits per heavy atom. The Kier molecular flexibility index (Phi) is 5.19. The Bertz CT molecular complexity index is 780. The summed E-state index contributed by atoms with van der Waals surface area (Å²) in [5.74, 6) is -0.292. The fourth-order valence-electron chi connectivity index (χ4n) is 2.80. The van der Waals surface area contributed by atoms with Crippen LogP contribution in [0.15, 0.2) is 36.7 Å². The molecule has 3 rings (SSSR count). The van der Waals surface area contributed by atoms with Gasteiger partial charge in [-0.05, 0) is 31.0 Å². The van der Waals surface area contributed by atoms with Crippen molar-refractivity contribution in [2.45, 2.75) is 31.6 Å². The van der Waals surface area contributed by atoms with Crippen LogP contribution >= 0.6 is 0 Å². The van der Waals surface area contributed by atoms with E-state index in [1.54, 1.807) is 6.07 Å². The van der Waals surface area contributed by atoms with Gasteiger partial charge < -0.3 is 10.5 Å². The number of carbonyl (C=O) groups excluding carboxylic acids is 1. The summed E-state index contributed by atoms with van der Waals surface area (Å²) in [5, 5.41) is 13.3. The number of benzene rings is 1. The second kappa shape index (κ2) is 7.38. The topological polar surface area (TPSA) is 78.4 Å². The van der Waals surface area contributed by atoms with Crippen LogP contribution in [0, 0.1) is 0 Å². The van der Waals surface area contributed by atoms with Gasteiger partial charge in [0.1, 0.15) is 12.4 Å². The summed E-state index contributed by atoms with van der Waals surface area (Å²) in [5.41, 5.74) is 0.770. The zero-order valence-corrected chi connectivity index (χ0v) is 13.7. The number of alkyl halides is 3. The van der Waals surface area contributed by atoms with Crippen LogP contribution in [-0.2, 0) is 17.5 Å². The van der Waals surface area contributed by atoms with Gasteiger partial charge in [0, 0.05) is 12.1 Å². The van der Waals surface area contributed by atoms with Crippen LogP contribution in [0.1, 0.15) is 24.1 Å². The lowest BCUT2D eigenvalue weighted by molar-refractivity contribution is -0.145. The average molecular weight is 366 g/mol. The number of aromatic nitrogens is 2. The predicted molar refractivity (Wildman–Crippen MR) is 85.8 cm³/mol. The van der Waals surface area contributed by atoms with Gasteiger partial charge in [-0.3, -0.25) is 4.79 Å². The van der Waals surface area contributed by atoms with E-state index in [0.29, 0.717) is 29.9 Å². The van der Waals surface area contributed by atoms with E-state index in [2.05, 4.69) is 15.3 Å². The standard InChI is InChI=1S/C17H17F3N4O2/c18-17(19,20)12-5-3-11(4-6-12)14-8-13(22-10-23-14)9-21-16(25)15-2-1-7-24(15)26/h3-6,8,10,15,26H,1-2,7,9H2,(H,21,25)/t15-/m0/s1. The molecule has 2 aromatic rings. The molecule has 1 fully saturated rings. The minimum absolute atomic E-state index is 0.138. The highest BCUT2D eigenvalue weighted by Crippen LogP contribution is 2.30. The van der Waals surface area contributed by atoms with E-state index in [0.717, 1.165) is 23.6 Å². The molecule has 1 aliphatic heterocycles. The van der Waals surface area contributed by atoms with Crippen LogP contribution in [0.25, 0.3) is 11.3 Å². The van der Waals surface area contributed by atoms with E-state index in [1.807, 2.05) is 0 Å². The van der Waals surface area contributed by atoms with Crippen molar-refractivity contribution < 1.29 is 23.2 Å². The molecule has 0 bridgehead atoms. The maximum absolute atomic E-state index is 12.6. The highest BCUT2D eigenvalue weighted by Gasteiger charge is 2.30. The predicted octanol–water partition coefficient (Wildman–Crippen LogP) is 2.63. The maximum atomic E-state index is 12.6. The third-order valence-electron chi connectivity index (χ3n) is 4.20. The number of hydroxylamine groups is 2. The summed E-state index contributed by atoms with van der Waals surface area (Å²) in [6, 6.07) is 5.72. The summed E-state index contributed by atoms with van der Waals surface area (Å²) in [6.07, 6.45) is -1.76. The number of nitrogens with zero attached hydrogens (tertiary/aromatic N) is 3. The van der Waals surface area contributed by atoms with Crippen LogP contribution in [0.5, 0.6) is 0 Å². The minimum atomic E-state index is -4.39. The van der Waals surface area contributed by atoms with Crippen LogP contribution in [0.2, 0.25) is 0 Å². The monoisotopic (exact) mass is 366 g/mol. The van der Waals surface area contributed by atoms with Gasteiger partial charge in [-0.25, -0.2) is 9.97 Å².